The zero-order chi connectivity index (χ0) is 19.1. The fourth-order valence-electron chi connectivity index (χ4n) is 3.30. The van der Waals surface area contributed by atoms with Gasteiger partial charge in [0.25, 0.3) is 5.91 Å². The Morgan fingerprint density at radius 2 is 1.67 bits per heavy atom. The van der Waals surface area contributed by atoms with E-state index >= 15 is 0 Å². The molecule has 0 aromatic heterocycles. The largest absolute Gasteiger partial charge is 0.497 e. The smallest absolute Gasteiger partial charge is 0.261 e. The van der Waals surface area contributed by atoms with Crippen molar-refractivity contribution < 1.29 is 14.3 Å². The lowest BCUT2D eigenvalue weighted by atomic mass is 10.1. The molecule has 1 heterocycles. The molecule has 1 aliphatic heterocycles. The topological polar surface area (TPSA) is 50.8 Å². The Bertz CT molecular complexity index is 739. The van der Waals surface area contributed by atoms with Crippen molar-refractivity contribution in [3.8, 4) is 11.5 Å². The molecule has 0 bridgehead atoms. The molecular weight excluding hydrogens is 340 g/mol. The number of ether oxygens (including phenoxy) is 2. The summed E-state index contributed by atoms with van der Waals surface area (Å²) in [5.74, 6) is 1.28. The molecule has 1 amide bonds. The number of rotatable bonds is 8. The molecule has 0 spiro atoms. The summed E-state index contributed by atoms with van der Waals surface area (Å²) >= 11 is 0. The zero-order valence-electron chi connectivity index (χ0n) is 16.1. The van der Waals surface area contributed by atoms with E-state index in [0.717, 1.165) is 30.9 Å². The van der Waals surface area contributed by atoms with E-state index < -0.39 is 6.10 Å². The van der Waals surface area contributed by atoms with E-state index in [1.54, 1.807) is 26.2 Å². The van der Waals surface area contributed by atoms with E-state index in [1.807, 2.05) is 18.2 Å². The van der Waals surface area contributed by atoms with E-state index in [1.165, 1.54) is 18.4 Å². The first kappa shape index (κ1) is 19.2. The first-order chi connectivity index (χ1) is 13.2. The average molecular weight is 368 g/mol. The highest BCUT2D eigenvalue weighted by Gasteiger charge is 2.16. The molecule has 3 rings (SSSR count). The highest BCUT2D eigenvalue weighted by Crippen LogP contribution is 2.19. The van der Waals surface area contributed by atoms with E-state index in [4.69, 9.17) is 9.47 Å². The Hall–Kier alpha value is -2.53. The molecule has 1 N–H and O–H groups in total. The first-order valence-corrected chi connectivity index (χ1v) is 9.53. The predicted octanol–water partition coefficient (Wildman–Crippen LogP) is 3.37. The minimum atomic E-state index is -0.566. The van der Waals surface area contributed by atoms with Crippen LogP contribution in [0.4, 0.5) is 0 Å². The van der Waals surface area contributed by atoms with Crippen molar-refractivity contribution in [2.75, 3.05) is 20.2 Å². The summed E-state index contributed by atoms with van der Waals surface area (Å²) in [5.41, 5.74) is 2.44. The Morgan fingerprint density at radius 1 is 1.04 bits per heavy atom. The van der Waals surface area contributed by atoms with Crippen LogP contribution in [0.1, 0.15) is 30.9 Å². The summed E-state index contributed by atoms with van der Waals surface area (Å²) in [7, 11) is 1.62. The number of nitrogens with one attached hydrogen (secondary N) is 1. The molecule has 0 saturated carbocycles. The van der Waals surface area contributed by atoms with Crippen molar-refractivity contribution in [2.24, 2.45) is 0 Å². The van der Waals surface area contributed by atoms with Gasteiger partial charge in [-0.05, 0) is 68.2 Å². The van der Waals surface area contributed by atoms with Crippen LogP contribution in [0.3, 0.4) is 0 Å². The SMILES string of the molecule is COc1ccc(O[C@H](C)C(=O)NCc2ccccc2CN2CCCC2)cc1. The maximum atomic E-state index is 12.4. The highest BCUT2D eigenvalue weighted by molar-refractivity contribution is 5.80. The number of carbonyl (C=O) groups is 1. The fourth-order valence-corrected chi connectivity index (χ4v) is 3.30. The van der Waals surface area contributed by atoms with Gasteiger partial charge in [0.15, 0.2) is 6.10 Å². The number of hydrogen-bond acceptors (Lipinski definition) is 4. The lowest BCUT2D eigenvalue weighted by Gasteiger charge is -2.19. The maximum absolute atomic E-state index is 12.4. The normalized spacial score (nSPS) is 15.3. The molecule has 1 saturated heterocycles. The number of benzene rings is 2. The number of likely N-dealkylation sites (tertiary alicyclic amines) is 1. The Kier molecular flexibility index (Phi) is 6.71. The standard InChI is InChI=1S/C22H28N2O3/c1-17(27-21-11-9-20(26-2)10-12-21)22(25)23-15-18-7-3-4-8-19(18)16-24-13-5-6-14-24/h3-4,7-12,17H,5-6,13-16H2,1-2H3,(H,23,25)/t17-/m1/s1. The number of hydrogen-bond donors (Lipinski definition) is 1. The summed E-state index contributed by atoms with van der Waals surface area (Å²) < 4.78 is 10.9. The van der Waals surface area contributed by atoms with Crippen LogP contribution in [0.15, 0.2) is 48.5 Å². The van der Waals surface area contributed by atoms with Crippen molar-refractivity contribution in [2.45, 2.75) is 39.0 Å². The van der Waals surface area contributed by atoms with Crippen LogP contribution < -0.4 is 14.8 Å². The zero-order valence-corrected chi connectivity index (χ0v) is 16.1. The van der Waals surface area contributed by atoms with Crippen LogP contribution in [0.2, 0.25) is 0 Å². The van der Waals surface area contributed by atoms with Gasteiger partial charge in [0.2, 0.25) is 0 Å². The molecule has 1 atom stereocenters. The van der Waals surface area contributed by atoms with E-state index in [2.05, 4.69) is 28.4 Å². The third-order valence-electron chi connectivity index (χ3n) is 4.91. The van der Waals surface area contributed by atoms with Gasteiger partial charge in [-0.2, -0.15) is 0 Å². The van der Waals surface area contributed by atoms with Crippen LogP contribution >= 0.6 is 0 Å². The van der Waals surface area contributed by atoms with Crippen LogP contribution in [0, 0.1) is 0 Å². The van der Waals surface area contributed by atoms with Gasteiger partial charge in [-0.25, -0.2) is 0 Å². The quantitative estimate of drug-likeness (QED) is 0.776. The second-order valence-electron chi connectivity index (χ2n) is 6.91. The van der Waals surface area contributed by atoms with Crippen LogP contribution in [-0.4, -0.2) is 37.1 Å². The summed E-state index contributed by atoms with van der Waals surface area (Å²) in [6, 6.07) is 15.5. The van der Waals surface area contributed by atoms with Crippen molar-refractivity contribution in [3.05, 3.63) is 59.7 Å². The summed E-state index contributed by atoms with van der Waals surface area (Å²) in [5, 5.41) is 3.00. The average Bonchev–Trinajstić information content (AvgIpc) is 3.20. The Balaban J connectivity index is 1.53. The molecule has 2 aromatic carbocycles. The Morgan fingerprint density at radius 3 is 2.33 bits per heavy atom. The van der Waals surface area contributed by atoms with Crippen LogP contribution in [0.25, 0.3) is 0 Å². The van der Waals surface area contributed by atoms with Gasteiger partial charge in [-0.3, -0.25) is 9.69 Å². The monoisotopic (exact) mass is 368 g/mol. The maximum Gasteiger partial charge on any atom is 0.261 e. The lowest BCUT2D eigenvalue weighted by molar-refractivity contribution is -0.127. The van der Waals surface area contributed by atoms with Crippen LogP contribution in [0.5, 0.6) is 11.5 Å². The first-order valence-electron chi connectivity index (χ1n) is 9.53. The fraction of sp³-hybridized carbons (Fsp3) is 0.409. The van der Waals surface area contributed by atoms with Gasteiger partial charge < -0.3 is 14.8 Å². The molecule has 2 aromatic rings. The number of methoxy groups -OCH3 is 1. The minimum Gasteiger partial charge on any atom is -0.497 e. The molecule has 5 nitrogen and oxygen atoms in total. The van der Waals surface area contributed by atoms with Crippen LogP contribution in [-0.2, 0) is 17.9 Å². The van der Waals surface area contributed by atoms with Gasteiger partial charge in [0.1, 0.15) is 11.5 Å². The minimum absolute atomic E-state index is 0.123. The molecule has 0 unspecified atom stereocenters. The molecule has 0 aliphatic carbocycles. The second-order valence-corrected chi connectivity index (χ2v) is 6.91. The van der Waals surface area contributed by atoms with Gasteiger partial charge in [0.05, 0.1) is 7.11 Å². The molecular formula is C22H28N2O3. The molecule has 1 fully saturated rings. The summed E-state index contributed by atoms with van der Waals surface area (Å²) in [6.45, 7) is 5.54. The van der Waals surface area contributed by atoms with E-state index in [-0.39, 0.29) is 5.91 Å². The number of amides is 1. The van der Waals surface area contributed by atoms with Crippen molar-refractivity contribution in [1.29, 1.82) is 0 Å². The van der Waals surface area contributed by atoms with E-state index in [9.17, 15) is 4.79 Å². The van der Waals surface area contributed by atoms with Crippen molar-refractivity contribution >= 4 is 5.91 Å². The third kappa shape index (κ3) is 5.47. The van der Waals surface area contributed by atoms with Gasteiger partial charge >= 0.3 is 0 Å². The Labute approximate surface area is 161 Å². The molecule has 144 valence electrons. The third-order valence-corrected chi connectivity index (χ3v) is 4.91. The molecule has 27 heavy (non-hydrogen) atoms. The lowest BCUT2D eigenvalue weighted by Crippen LogP contribution is -2.36. The molecule has 5 heteroatoms. The van der Waals surface area contributed by atoms with E-state index in [0.29, 0.717) is 12.3 Å². The predicted molar refractivity (Wildman–Crippen MR) is 106 cm³/mol. The number of carbonyl (C=O) groups excluding carboxylic acids is 1. The van der Waals surface area contributed by atoms with Gasteiger partial charge in [0, 0.05) is 13.1 Å². The summed E-state index contributed by atoms with van der Waals surface area (Å²) in [4.78, 5) is 14.9. The number of nitrogens with zero attached hydrogens (tertiary/aromatic N) is 1. The second kappa shape index (κ2) is 9.42. The molecule has 0 radical (unpaired) electrons. The summed E-state index contributed by atoms with van der Waals surface area (Å²) in [6.07, 6.45) is 1.99. The van der Waals surface area contributed by atoms with Crippen molar-refractivity contribution in [1.82, 2.24) is 10.2 Å². The van der Waals surface area contributed by atoms with Gasteiger partial charge in [-0.15, -0.1) is 0 Å². The molecule has 1 aliphatic rings. The van der Waals surface area contributed by atoms with Crippen molar-refractivity contribution in [3.63, 3.8) is 0 Å². The van der Waals surface area contributed by atoms with Gasteiger partial charge in [-0.1, -0.05) is 24.3 Å². The highest BCUT2D eigenvalue weighted by atomic mass is 16.5.